The number of nitrogens with zero attached hydrogens (tertiary/aromatic N) is 4. The quantitative estimate of drug-likeness (QED) is 0.294. The molecule has 1 aliphatic carbocycles. The molecule has 2 aromatic heterocycles. The third-order valence-corrected chi connectivity index (χ3v) is 7.02. The SMILES string of the molecule is Cc1cc(/C=C(/C#N)c2ccc([N+](=O)[O-])cc2)c(C)n1-c1sc2c(c1C#N)CCCC2. The fourth-order valence-electron chi connectivity index (χ4n) is 4.17. The van der Waals surface area contributed by atoms with E-state index < -0.39 is 4.92 Å². The highest BCUT2D eigenvalue weighted by Gasteiger charge is 2.23. The maximum atomic E-state index is 10.9. The lowest BCUT2D eigenvalue weighted by Gasteiger charge is -2.10. The number of thiophene rings is 1. The van der Waals surface area contributed by atoms with Gasteiger partial charge in [-0.3, -0.25) is 10.1 Å². The summed E-state index contributed by atoms with van der Waals surface area (Å²) in [5, 5.41) is 31.4. The third-order valence-electron chi connectivity index (χ3n) is 5.75. The Balaban J connectivity index is 1.78. The Hall–Kier alpha value is -3.68. The van der Waals surface area contributed by atoms with Crippen LogP contribution in [0.3, 0.4) is 0 Å². The van der Waals surface area contributed by atoms with Crippen molar-refractivity contribution < 1.29 is 4.92 Å². The molecule has 0 bridgehead atoms. The number of non-ortho nitro benzene ring substituents is 1. The minimum atomic E-state index is -0.458. The molecular weight excluding hydrogens is 408 g/mol. The largest absolute Gasteiger partial charge is 0.308 e. The van der Waals surface area contributed by atoms with Crippen LogP contribution < -0.4 is 0 Å². The number of fused-ring (bicyclic) bond motifs is 1. The Morgan fingerprint density at radius 2 is 1.90 bits per heavy atom. The van der Waals surface area contributed by atoms with Gasteiger partial charge >= 0.3 is 0 Å². The summed E-state index contributed by atoms with van der Waals surface area (Å²) in [6, 6.07) is 12.6. The predicted octanol–water partition coefficient (Wildman–Crippen LogP) is 5.88. The fourth-order valence-corrected chi connectivity index (χ4v) is 5.62. The van der Waals surface area contributed by atoms with Crippen LogP contribution in [-0.4, -0.2) is 9.49 Å². The number of nitro groups is 1. The number of allylic oxidation sites excluding steroid dienone is 1. The van der Waals surface area contributed by atoms with Gasteiger partial charge in [0.05, 0.1) is 22.1 Å². The summed E-state index contributed by atoms with van der Waals surface area (Å²) in [6.07, 6.45) is 6.07. The Labute approximate surface area is 184 Å². The lowest BCUT2D eigenvalue weighted by molar-refractivity contribution is -0.384. The smallest absolute Gasteiger partial charge is 0.269 e. The van der Waals surface area contributed by atoms with Crippen LogP contribution in [0, 0.1) is 46.6 Å². The van der Waals surface area contributed by atoms with E-state index >= 15 is 0 Å². The van der Waals surface area contributed by atoms with Crippen LogP contribution in [0.15, 0.2) is 30.3 Å². The molecule has 0 spiro atoms. The fraction of sp³-hybridized carbons (Fsp3) is 0.250. The Morgan fingerprint density at radius 1 is 1.19 bits per heavy atom. The lowest BCUT2D eigenvalue weighted by Crippen LogP contribution is -2.02. The van der Waals surface area contributed by atoms with Crippen LogP contribution in [0.1, 0.15) is 51.4 Å². The average molecular weight is 429 g/mol. The van der Waals surface area contributed by atoms with Crippen LogP contribution >= 0.6 is 11.3 Å². The number of hydrogen-bond donors (Lipinski definition) is 0. The third kappa shape index (κ3) is 3.65. The summed E-state index contributed by atoms with van der Waals surface area (Å²) >= 11 is 1.70. The molecule has 0 N–H and O–H groups in total. The number of rotatable bonds is 4. The van der Waals surface area contributed by atoms with Gasteiger partial charge in [0.25, 0.3) is 5.69 Å². The van der Waals surface area contributed by atoms with Crippen LogP contribution in [0.5, 0.6) is 0 Å². The Kier molecular flexibility index (Phi) is 5.46. The summed E-state index contributed by atoms with van der Waals surface area (Å²) in [5.74, 6) is 0. The van der Waals surface area contributed by atoms with Crippen molar-refractivity contribution >= 4 is 28.7 Å². The molecule has 3 aromatic rings. The Morgan fingerprint density at radius 3 is 2.55 bits per heavy atom. The summed E-state index contributed by atoms with van der Waals surface area (Å²) < 4.78 is 2.11. The molecule has 31 heavy (non-hydrogen) atoms. The number of nitro benzene ring substituents is 1. The average Bonchev–Trinajstić information content (AvgIpc) is 3.27. The highest BCUT2D eigenvalue weighted by atomic mass is 32.1. The molecule has 0 fully saturated rings. The standard InChI is InChI=1S/C24H20N4O2S/c1-15-11-18(12-19(13-25)17-7-9-20(10-8-17)28(29)30)16(2)27(15)24-22(14-26)21-5-3-4-6-23(21)31-24/h7-12H,3-6H2,1-2H3/b19-12-. The zero-order valence-corrected chi connectivity index (χ0v) is 18.1. The zero-order valence-electron chi connectivity index (χ0n) is 17.3. The molecule has 0 aliphatic heterocycles. The van der Waals surface area contributed by atoms with Gasteiger partial charge < -0.3 is 4.57 Å². The number of aromatic nitrogens is 1. The summed E-state index contributed by atoms with van der Waals surface area (Å²) in [6.45, 7) is 3.99. The second-order valence-corrected chi connectivity index (χ2v) is 8.72. The molecule has 154 valence electrons. The first kappa shape index (κ1) is 20.6. The second-order valence-electron chi connectivity index (χ2n) is 7.64. The van der Waals surface area contributed by atoms with E-state index in [0.717, 1.165) is 53.2 Å². The molecular formula is C24H20N4O2S. The zero-order chi connectivity index (χ0) is 22.1. The van der Waals surface area contributed by atoms with Crippen LogP contribution in [0.4, 0.5) is 5.69 Å². The number of aryl methyl sites for hydroxylation is 2. The normalized spacial score (nSPS) is 13.4. The molecule has 2 heterocycles. The van der Waals surface area contributed by atoms with Crippen molar-refractivity contribution in [1.29, 1.82) is 10.5 Å². The molecule has 0 amide bonds. The summed E-state index contributed by atoms with van der Waals surface area (Å²) in [7, 11) is 0. The molecule has 0 atom stereocenters. The van der Waals surface area contributed by atoms with E-state index in [2.05, 4.69) is 16.7 Å². The molecule has 1 aromatic carbocycles. The van der Waals surface area contributed by atoms with Crippen molar-refractivity contribution in [2.45, 2.75) is 39.5 Å². The molecule has 4 rings (SSSR count). The van der Waals surface area contributed by atoms with Gasteiger partial charge in [0.2, 0.25) is 0 Å². The molecule has 0 unspecified atom stereocenters. The van der Waals surface area contributed by atoms with Crippen LogP contribution in [0.2, 0.25) is 0 Å². The molecule has 7 heteroatoms. The first-order valence-electron chi connectivity index (χ1n) is 10.0. The van der Waals surface area contributed by atoms with E-state index in [1.54, 1.807) is 29.5 Å². The van der Waals surface area contributed by atoms with Crippen molar-refractivity contribution in [1.82, 2.24) is 4.57 Å². The minimum absolute atomic E-state index is 0.00934. The molecule has 6 nitrogen and oxygen atoms in total. The summed E-state index contributed by atoms with van der Waals surface area (Å²) in [4.78, 5) is 11.7. The van der Waals surface area contributed by atoms with Gasteiger partial charge in [-0.05, 0) is 80.5 Å². The molecule has 1 aliphatic rings. The summed E-state index contributed by atoms with van der Waals surface area (Å²) in [5.41, 5.74) is 5.87. The van der Waals surface area contributed by atoms with Crippen molar-refractivity contribution in [2.24, 2.45) is 0 Å². The highest BCUT2D eigenvalue weighted by Crippen LogP contribution is 2.38. The van der Waals surface area contributed by atoms with Gasteiger partial charge in [-0.25, -0.2) is 0 Å². The first-order valence-corrected chi connectivity index (χ1v) is 10.9. The minimum Gasteiger partial charge on any atom is -0.308 e. The second kappa shape index (κ2) is 8.22. The van der Waals surface area contributed by atoms with E-state index in [1.165, 1.54) is 22.6 Å². The topological polar surface area (TPSA) is 95.6 Å². The van der Waals surface area contributed by atoms with E-state index in [-0.39, 0.29) is 5.69 Å². The maximum Gasteiger partial charge on any atom is 0.269 e. The van der Waals surface area contributed by atoms with Crippen molar-refractivity contribution in [3.05, 3.63) is 79.0 Å². The van der Waals surface area contributed by atoms with Crippen molar-refractivity contribution in [3.63, 3.8) is 0 Å². The van der Waals surface area contributed by atoms with Gasteiger partial charge in [-0.2, -0.15) is 10.5 Å². The maximum absolute atomic E-state index is 10.9. The molecule has 0 saturated heterocycles. The number of benzene rings is 1. The number of nitriles is 2. The monoisotopic (exact) mass is 428 g/mol. The van der Waals surface area contributed by atoms with Gasteiger partial charge in [0.1, 0.15) is 11.1 Å². The van der Waals surface area contributed by atoms with Gasteiger partial charge in [-0.1, -0.05) is 0 Å². The van der Waals surface area contributed by atoms with E-state index in [9.17, 15) is 20.6 Å². The van der Waals surface area contributed by atoms with Gasteiger partial charge in [0.15, 0.2) is 0 Å². The molecule has 0 saturated carbocycles. The highest BCUT2D eigenvalue weighted by molar-refractivity contribution is 7.15. The predicted molar refractivity (Wildman–Crippen MR) is 121 cm³/mol. The first-order chi connectivity index (χ1) is 14.9. The van der Waals surface area contributed by atoms with Gasteiger partial charge in [-0.15, -0.1) is 11.3 Å². The number of hydrogen-bond acceptors (Lipinski definition) is 5. The van der Waals surface area contributed by atoms with Crippen molar-refractivity contribution in [2.75, 3.05) is 0 Å². The molecule has 0 radical (unpaired) electrons. The van der Waals surface area contributed by atoms with E-state index in [4.69, 9.17) is 0 Å². The van der Waals surface area contributed by atoms with Crippen LogP contribution in [-0.2, 0) is 12.8 Å². The van der Waals surface area contributed by atoms with E-state index in [0.29, 0.717) is 11.1 Å². The van der Waals surface area contributed by atoms with Crippen molar-refractivity contribution in [3.8, 4) is 17.1 Å². The van der Waals surface area contributed by atoms with Crippen LogP contribution in [0.25, 0.3) is 16.7 Å². The van der Waals surface area contributed by atoms with Gasteiger partial charge in [0, 0.05) is 28.4 Å². The van der Waals surface area contributed by atoms with E-state index in [1.807, 2.05) is 19.9 Å². The Bertz CT molecular complexity index is 1300. The lowest BCUT2D eigenvalue weighted by atomic mass is 9.96.